The van der Waals surface area contributed by atoms with E-state index in [1.54, 1.807) is 30.3 Å². The van der Waals surface area contributed by atoms with Crippen LogP contribution in [-0.2, 0) is 4.79 Å². The Balaban J connectivity index is 1.35. The molecule has 1 N–H and O–H groups in total. The summed E-state index contributed by atoms with van der Waals surface area (Å²) in [6, 6.07) is 11.2. The summed E-state index contributed by atoms with van der Waals surface area (Å²) in [5, 5.41) is 10.5. The molecule has 0 aliphatic rings. The number of halogens is 1. The third kappa shape index (κ3) is 3.52. The number of rotatable bonds is 5. The van der Waals surface area contributed by atoms with Crippen molar-refractivity contribution in [2.75, 3.05) is 11.9 Å². The average molecular weight is 370 g/mol. The van der Waals surface area contributed by atoms with Gasteiger partial charge in [0.05, 0.1) is 10.2 Å². The van der Waals surface area contributed by atoms with E-state index in [9.17, 15) is 9.18 Å². The van der Waals surface area contributed by atoms with Gasteiger partial charge in [-0.2, -0.15) is 0 Å². The summed E-state index contributed by atoms with van der Waals surface area (Å²) >= 11 is 1.20. The Kier molecular flexibility index (Phi) is 4.28. The van der Waals surface area contributed by atoms with Gasteiger partial charge in [0.25, 0.3) is 5.91 Å². The summed E-state index contributed by atoms with van der Waals surface area (Å²) in [6.45, 7) is -0.176. The molecular formula is C17H11FN4O3S. The first-order chi connectivity index (χ1) is 12.7. The molecule has 4 aromatic rings. The van der Waals surface area contributed by atoms with Gasteiger partial charge in [-0.3, -0.25) is 10.1 Å². The van der Waals surface area contributed by atoms with Crippen LogP contribution in [0.25, 0.3) is 21.7 Å². The molecule has 4 rings (SSSR count). The lowest BCUT2D eigenvalue weighted by atomic mass is 10.2. The van der Waals surface area contributed by atoms with Crippen LogP contribution >= 0.6 is 11.3 Å². The van der Waals surface area contributed by atoms with Gasteiger partial charge < -0.3 is 9.15 Å². The summed E-state index contributed by atoms with van der Waals surface area (Å²) in [5.41, 5.74) is 1.38. The molecule has 0 saturated heterocycles. The lowest BCUT2D eigenvalue weighted by Gasteiger charge is -2.06. The maximum absolute atomic E-state index is 13.2. The molecule has 0 bridgehead atoms. The standard InChI is InChI=1S/C17H11FN4O3S/c18-11-3-6-13-14(7-11)26-17(20-13)21-15(23)8-24-12-4-1-10(2-5-12)16-22-19-9-25-16/h1-7,9H,8H2,(H,20,21,23). The molecule has 26 heavy (non-hydrogen) atoms. The normalized spacial score (nSPS) is 10.8. The van der Waals surface area contributed by atoms with Crippen molar-refractivity contribution in [3.8, 4) is 17.2 Å². The topological polar surface area (TPSA) is 90.1 Å². The fraction of sp³-hybridized carbons (Fsp3) is 0.0588. The molecule has 2 heterocycles. The van der Waals surface area contributed by atoms with Crippen LogP contribution in [0.4, 0.5) is 9.52 Å². The van der Waals surface area contributed by atoms with E-state index < -0.39 is 0 Å². The first-order valence-electron chi connectivity index (χ1n) is 7.53. The van der Waals surface area contributed by atoms with Crippen molar-refractivity contribution in [1.29, 1.82) is 0 Å². The second-order valence-corrected chi connectivity index (χ2v) is 6.27. The number of carbonyl (C=O) groups excluding carboxylic acids is 1. The fourth-order valence-corrected chi connectivity index (χ4v) is 3.16. The largest absolute Gasteiger partial charge is 0.484 e. The molecule has 7 nitrogen and oxygen atoms in total. The van der Waals surface area contributed by atoms with Gasteiger partial charge in [-0.15, -0.1) is 10.2 Å². The lowest BCUT2D eigenvalue weighted by Crippen LogP contribution is -2.19. The van der Waals surface area contributed by atoms with E-state index in [1.165, 1.54) is 29.9 Å². The predicted octanol–water partition coefficient (Wildman–Crippen LogP) is 3.50. The quantitative estimate of drug-likeness (QED) is 0.578. The average Bonchev–Trinajstić information content (AvgIpc) is 3.29. The minimum atomic E-state index is -0.356. The van der Waals surface area contributed by atoms with E-state index in [1.807, 2.05) is 0 Å². The maximum Gasteiger partial charge on any atom is 0.264 e. The zero-order chi connectivity index (χ0) is 17.9. The highest BCUT2D eigenvalue weighted by molar-refractivity contribution is 7.22. The van der Waals surface area contributed by atoms with Crippen molar-refractivity contribution in [3.63, 3.8) is 0 Å². The molecule has 0 atom stereocenters. The fourth-order valence-electron chi connectivity index (χ4n) is 2.25. The number of aromatic nitrogens is 3. The van der Waals surface area contributed by atoms with Crippen LogP contribution in [0.5, 0.6) is 5.75 Å². The molecule has 2 aromatic heterocycles. The Morgan fingerprint density at radius 1 is 1.23 bits per heavy atom. The van der Waals surface area contributed by atoms with Crippen LogP contribution in [0, 0.1) is 5.82 Å². The Hall–Kier alpha value is -3.33. The summed E-state index contributed by atoms with van der Waals surface area (Å²) < 4.78 is 24.4. The van der Waals surface area contributed by atoms with E-state index in [0.717, 1.165) is 5.56 Å². The number of amides is 1. The number of nitrogens with zero attached hydrogens (tertiary/aromatic N) is 3. The van der Waals surface area contributed by atoms with Crippen molar-refractivity contribution in [2.24, 2.45) is 0 Å². The molecule has 0 aliphatic carbocycles. The van der Waals surface area contributed by atoms with Gasteiger partial charge in [-0.1, -0.05) is 11.3 Å². The third-order valence-electron chi connectivity index (χ3n) is 3.43. The van der Waals surface area contributed by atoms with Gasteiger partial charge in [0.2, 0.25) is 12.3 Å². The van der Waals surface area contributed by atoms with Crippen LogP contribution in [0.3, 0.4) is 0 Å². The zero-order valence-corrected chi connectivity index (χ0v) is 14.0. The van der Waals surface area contributed by atoms with Crippen LogP contribution in [0.15, 0.2) is 53.3 Å². The molecule has 9 heteroatoms. The van der Waals surface area contributed by atoms with E-state index in [0.29, 0.717) is 27.0 Å². The second-order valence-electron chi connectivity index (χ2n) is 5.24. The molecule has 2 aromatic carbocycles. The van der Waals surface area contributed by atoms with Gasteiger partial charge in [0.1, 0.15) is 11.6 Å². The van der Waals surface area contributed by atoms with E-state index in [2.05, 4.69) is 20.5 Å². The molecule has 0 unspecified atom stereocenters. The summed E-state index contributed by atoms with van der Waals surface area (Å²) in [5.74, 6) is 0.230. The van der Waals surface area contributed by atoms with Crippen molar-refractivity contribution >= 4 is 32.6 Å². The lowest BCUT2D eigenvalue weighted by molar-refractivity contribution is -0.118. The first-order valence-corrected chi connectivity index (χ1v) is 8.34. The Bertz CT molecular complexity index is 1050. The summed E-state index contributed by atoms with van der Waals surface area (Å²) in [7, 11) is 0. The highest BCUT2D eigenvalue weighted by Gasteiger charge is 2.10. The summed E-state index contributed by atoms with van der Waals surface area (Å²) in [6.07, 6.45) is 1.25. The van der Waals surface area contributed by atoms with Gasteiger partial charge in [0.15, 0.2) is 11.7 Å². The number of carbonyl (C=O) groups is 1. The maximum atomic E-state index is 13.2. The van der Waals surface area contributed by atoms with Crippen molar-refractivity contribution in [2.45, 2.75) is 0 Å². The van der Waals surface area contributed by atoms with Gasteiger partial charge >= 0.3 is 0 Å². The number of benzene rings is 2. The number of fused-ring (bicyclic) bond motifs is 1. The van der Waals surface area contributed by atoms with Crippen LogP contribution in [-0.4, -0.2) is 27.7 Å². The molecule has 1 amide bonds. The van der Waals surface area contributed by atoms with Gasteiger partial charge in [-0.05, 0) is 42.5 Å². The minimum absolute atomic E-state index is 0.176. The number of hydrogen-bond donors (Lipinski definition) is 1. The number of anilines is 1. The molecular weight excluding hydrogens is 359 g/mol. The van der Waals surface area contributed by atoms with Gasteiger partial charge in [-0.25, -0.2) is 9.37 Å². The molecule has 0 saturated carbocycles. The zero-order valence-electron chi connectivity index (χ0n) is 13.2. The molecule has 0 radical (unpaired) electrons. The Morgan fingerprint density at radius 2 is 2.08 bits per heavy atom. The molecule has 0 fully saturated rings. The number of hydrogen-bond acceptors (Lipinski definition) is 7. The Morgan fingerprint density at radius 3 is 2.85 bits per heavy atom. The monoisotopic (exact) mass is 370 g/mol. The number of nitrogens with one attached hydrogen (secondary N) is 1. The number of thiazole rings is 1. The van der Waals surface area contributed by atoms with Crippen molar-refractivity contribution in [3.05, 3.63) is 54.7 Å². The van der Waals surface area contributed by atoms with Crippen LogP contribution in [0.1, 0.15) is 0 Å². The highest BCUT2D eigenvalue weighted by Crippen LogP contribution is 2.26. The van der Waals surface area contributed by atoms with Gasteiger partial charge in [0, 0.05) is 5.56 Å². The molecule has 0 aliphatic heterocycles. The van der Waals surface area contributed by atoms with E-state index in [-0.39, 0.29) is 18.3 Å². The SMILES string of the molecule is O=C(COc1ccc(-c2nnco2)cc1)Nc1nc2ccc(F)cc2s1. The summed E-state index contributed by atoms with van der Waals surface area (Å²) in [4.78, 5) is 16.2. The van der Waals surface area contributed by atoms with Crippen molar-refractivity contribution in [1.82, 2.24) is 15.2 Å². The highest BCUT2D eigenvalue weighted by atomic mass is 32.1. The second kappa shape index (κ2) is 6.89. The molecule has 130 valence electrons. The van der Waals surface area contributed by atoms with Crippen LogP contribution in [0.2, 0.25) is 0 Å². The minimum Gasteiger partial charge on any atom is -0.484 e. The first kappa shape index (κ1) is 16.2. The van der Waals surface area contributed by atoms with E-state index in [4.69, 9.17) is 9.15 Å². The smallest absolute Gasteiger partial charge is 0.264 e. The van der Waals surface area contributed by atoms with Crippen LogP contribution < -0.4 is 10.1 Å². The molecule has 0 spiro atoms. The van der Waals surface area contributed by atoms with Crippen molar-refractivity contribution < 1.29 is 18.3 Å². The number of ether oxygens (including phenoxy) is 1. The Labute approximate surface area is 150 Å². The predicted molar refractivity (Wildman–Crippen MR) is 93.4 cm³/mol. The third-order valence-corrected chi connectivity index (χ3v) is 4.36. The van der Waals surface area contributed by atoms with E-state index >= 15 is 0 Å².